The SMILES string of the molecule is CCCCCCCSC(CC)c1ccc(-c2ccccc2)c(F)c1. The molecule has 2 rings (SSSR count). The van der Waals surface area contributed by atoms with E-state index in [4.69, 9.17) is 0 Å². The zero-order valence-corrected chi connectivity index (χ0v) is 15.7. The van der Waals surface area contributed by atoms with Crippen LogP contribution in [-0.4, -0.2) is 5.75 Å². The van der Waals surface area contributed by atoms with Crippen LogP contribution < -0.4 is 0 Å². The van der Waals surface area contributed by atoms with Gasteiger partial charge in [-0.25, -0.2) is 4.39 Å². The minimum absolute atomic E-state index is 0.110. The molecule has 0 N–H and O–H groups in total. The molecular formula is C22H29FS. The van der Waals surface area contributed by atoms with E-state index >= 15 is 0 Å². The molecule has 0 aliphatic heterocycles. The van der Waals surface area contributed by atoms with Crippen LogP contribution in [0, 0.1) is 5.82 Å². The zero-order chi connectivity index (χ0) is 17.2. The Morgan fingerprint density at radius 3 is 2.33 bits per heavy atom. The van der Waals surface area contributed by atoms with Gasteiger partial charge in [0.05, 0.1) is 0 Å². The monoisotopic (exact) mass is 344 g/mol. The first-order valence-electron chi connectivity index (χ1n) is 9.22. The first-order chi connectivity index (χ1) is 11.8. The molecule has 2 heteroatoms. The lowest BCUT2D eigenvalue weighted by molar-refractivity contribution is 0.628. The molecule has 24 heavy (non-hydrogen) atoms. The van der Waals surface area contributed by atoms with Crippen molar-refractivity contribution in [3.63, 3.8) is 0 Å². The Balaban J connectivity index is 1.95. The average Bonchev–Trinajstić information content (AvgIpc) is 2.62. The first-order valence-corrected chi connectivity index (χ1v) is 10.3. The summed E-state index contributed by atoms with van der Waals surface area (Å²) in [6.45, 7) is 4.44. The van der Waals surface area contributed by atoms with Gasteiger partial charge in [0.1, 0.15) is 5.82 Å². The lowest BCUT2D eigenvalue weighted by Crippen LogP contribution is -1.96. The minimum atomic E-state index is -0.110. The molecule has 0 nitrogen and oxygen atoms in total. The van der Waals surface area contributed by atoms with Gasteiger partial charge in [-0.1, -0.05) is 82.0 Å². The van der Waals surface area contributed by atoms with Gasteiger partial charge in [0.25, 0.3) is 0 Å². The van der Waals surface area contributed by atoms with Gasteiger partial charge >= 0.3 is 0 Å². The van der Waals surface area contributed by atoms with E-state index in [0.717, 1.165) is 17.5 Å². The van der Waals surface area contributed by atoms with Gasteiger partial charge in [-0.05, 0) is 35.8 Å². The Kier molecular flexibility index (Phi) is 8.38. The summed E-state index contributed by atoms with van der Waals surface area (Å²) in [4.78, 5) is 0. The number of hydrogen-bond acceptors (Lipinski definition) is 1. The summed E-state index contributed by atoms with van der Waals surface area (Å²) >= 11 is 1.98. The van der Waals surface area contributed by atoms with Crippen LogP contribution in [0.15, 0.2) is 48.5 Å². The largest absolute Gasteiger partial charge is 0.206 e. The van der Waals surface area contributed by atoms with Crippen LogP contribution in [0.4, 0.5) is 4.39 Å². The van der Waals surface area contributed by atoms with Crippen molar-refractivity contribution in [2.24, 2.45) is 0 Å². The van der Waals surface area contributed by atoms with Crippen molar-refractivity contribution in [1.82, 2.24) is 0 Å². The fourth-order valence-corrected chi connectivity index (χ4v) is 4.19. The van der Waals surface area contributed by atoms with E-state index in [-0.39, 0.29) is 5.82 Å². The summed E-state index contributed by atoms with van der Waals surface area (Å²) in [6.07, 6.45) is 7.61. The average molecular weight is 345 g/mol. The maximum Gasteiger partial charge on any atom is 0.131 e. The van der Waals surface area contributed by atoms with Crippen molar-refractivity contribution >= 4 is 11.8 Å². The zero-order valence-electron chi connectivity index (χ0n) is 14.9. The molecule has 0 radical (unpaired) electrons. The predicted molar refractivity (Wildman–Crippen MR) is 106 cm³/mol. The summed E-state index contributed by atoms with van der Waals surface area (Å²) in [6, 6.07) is 15.5. The highest BCUT2D eigenvalue weighted by Gasteiger charge is 2.13. The van der Waals surface area contributed by atoms with Crippen molar-refractivity contribution in [2.45, 2.75) is 57.6 Å². The van der Waals surface area contributed by atoms with Crippen LogP contribution in [0.1, 0.15) is 63.2 Å². The predicted octanol–water partition coefficient (Wildman–Crippen LogP) is 7.65. The van der Waals surface area contributed by atoms with Gasteiger partial charge in [-0.15, -0.1) is 0 Å². The van der Waals surface area contributed by atoms with Crippen LogP contribution in [0.25, 0.3) is 11.1 Å². The third-order valence-corrected chi connectivity index (χ3v) is 5.92. The Hall–Kier alpha value is -1.28. The Bertz CT molecular complexity index is 594. The fraction of sp³-hybridized carbons (Fsp3) is 0.455. The summed E-state index contributed by atoms with van der Waals surface area (Å²) in [5, 5.41) is 0.399. The van der Waals surface area contributed by atoms with Crippen molar-refractivity contribution < 1.29 is 4.39 Å². The quantitative estimate of drug-likeness (QED) is 0.399. The van der Waals surface area contributed by atoms with Gasteiger partial charge in [0, 0.05) is 10.8 Å². The minimum Gasteiger partial charge on any atom is -0.206 e. The van der Waals surface area contributed by atoms with Gasteiger partial charge in [0.15, 0.2) is 0 Å². The highest BCUT2D eigenvalue weighted by atomic mass is 32.2. The molecule has 0 fully saturated rings. The molecule has 0 saturated carbocycles. The Morgan fingerprint density at radius 2 is 1.67 bits per heavy atom. The van der Waals surface area contributed by atoms with Gasteiger partial charge in [-0.3, -0.25) is 0 Å². The molecule has 0 aliphatic rings. The van der Waals surface area contributed by atoms with Crippen LogP contribution in [0.5, 0.6) is 0 Å². The number of hydrogen-bond donors (Lipinski definition) is 0. The lowest BCUT2D eigenvalue weighted by atomic mass is 10.0. The summed E-state index contributed by atoms with van der Waals surface area (Å²) < 4.78 is 14.6. The molecule has 1 atom stereocenters. The standard InChI is InChI=1S/C22H29FS/c1-3-5-6-7-11-16-24-22(4-2)19-14-15-20(21(23)17-19)18-12-9-8-10-13-18/h8-10,12-15,17,22H,3-7,11,16H2,1-2H3. The lowest BCUT2D eigenvalue weighted by Gasteiger charge is -2.16. The smallest absolute Gasteiger partial charge is 0.131 e. The van der Waals surface area contributed by atoms with Gasteiger partial charge < -0.3 is 0 Å². The highest BCUT2D eigenvalue weighted by molar-refractivity contribution is 7.99. The molecule has 1 unspecified atom stereocenters. The molecule has 0 aromatic heterocycles. The number of thioether (sulfide) groups is 1. The molecule has 0 saturated heterocycles. The summed E-state index contributed by atoms with van der Waals surface area (Å²) in [7, 11) is 0. The number of unbranched alkanes of at least 4 members (excludes halogenated alkanes) is 4. The van der Waals surface area contributed by atoms with E-state index in [1.807, 2.05) is 48.2 Å². The van der Waals surface area contributed by atoms with E-state index in [2.05, 4.69) is 19.9 Å². The highest BCUT2D eigenvalue weighted by Crippen LogP contribution is 2.35. The Labute approximate surface area is 150 Å². The van der Waals surface area contributed by atoms with Crippen molar-refractivity contribution in [3.05, 3.63) is 59.9 Å². The maximum atomic E-state index is 14.6. The van der Waals surface area contributed by atoms with Crippen molar-refractivity contribution in [1.29, 1.82) is 0 Å². The van der Waals surface area contributed by atoms with E-state index in [9.17, 15) is 4.39 Å². The summed E-state index contributed by atoms with van der Waals surface area (Å²) in [5.74, 6) is 1.06. The van der Waals surface area contributed by atoms with Crippen LogP contribution >= 0.6 is 11.8 Å². The second kappa shape index (κ2) is 10.6. The fourth-order valence-electron chi connectivity index (χ4n) is 2.96. The van der Waals surface area contributed by atoms with Crippen molar-refractivity contribution in [3.8, 4) is 11.1 Å². The Morgan fingerprint density at radius 1 is 0.917 bits per heavy atom. The normalized spacial score (nSPS) is 12.3. The second-order valence-electron chi connectivity index (χ2n) is 6.29. The molecule has 0 spiro atoms. The number of rotatable bonds is 10. The van der Waals surface area contributed by atoms with E-state index in [1.54, 1.807) is 6.07 Å². The molecule has 0 heterocycles. The van der Waals surface area contributed by atoms with Crippen LogP contribution in [0.2, 0.25) is 0 Å². The number of benzene rings is 2. The van der Waals surface area contributed by atoms with Crippen molar-refractivity contribution in [2.75, 3.05) is 5.75 Å². The molecule has 0 amide bonds. The third kappa shape index (κ3) is 5.66. The molecule has 0 bridgehead atoms. The molecular weight excluding hydrogens is 315 g/mol. The summed E-state index contributed by atoms with van der Waals surface area (Å²) in [5.41, 5.74) is 2.75. The van der Waals surface area contributed by atoms with Crippen LogP contribution in [0.3, 0.4) is 0 Å². The third-order valence-electron chi connectivity index (χ3n) is 4.39. The van der Waals surface area contributed by atoms with E-state index in [1.165, 1.54) is 37.9 Å². The maximum absolute atomic E-state index is 14.6. The molecule has 2 aromatic rings. The second-order valence-corrected chi connectivity index (χ2v) is 7.60. The number of halogens is 1. The molecule has 130 valence electrons. The first kappa shape index (κ1) is 19.1. The van der Waals surface area contributed by atoms with E-state index in [0.29, 0.717) is 10.8 Å². The molecule has 2 aromatic carbocycles. The van der Waals surface area contributed by atoms with Gasteiger partial charge in [-0.2, -0.15) is 11.8 Å². The topological polar surface area (TPSA) is 0 Å². The van der Waals surface area contributed by atoms with Crippen LogP contribution in [-0.2, 0) is 0 Å². The molecule has 0 aliphatic carbocycles. The van der Waals surface area contributed by atoms with Gasteiger partial charge in [0.2, 0.25) is 0 Å². The van der Waals surface area contributed by atoms with E-state index < -0.39 is 0 Å².